The maximum Gasteiger partial charge on any atom is 0.242 e. The van der Waals surface area contributed by atoms with Gasteiger partial charge in [0.25, 0.3) is 0 Å². The molecule has 1 saturated heterocycles. The first-order chi connectivity index (χ1) is 10.6. The highest BCUT2D eigenvalue weighted by Crippen LogP contribution is 2.41. The van der Waals surface area contributed by atoms with Crippen LogP contribution >= 0.6 is 12.4 Å². The van der Waals surface area contributed by atoms with Crippen LogP contribution in [0.4, 0.5) is 0 Å². The highest BCUT2D eigenvalue weighted by atomic mass is 35.5. The van der Waals surface area contributed by atoms with Gasteiger partial charge in [-0.05, 0) is 37.5 Å². The molecule has 2 saturated carbocycles. The number of carbonyl (C=O) groups is 2. The molecule has 23 heavy (non-hydrogen) atoms. The van der Waals surface area contributed by atoms with Gasteiger partial charge in [0, 0.05) is 25.0 Å². The van der Waals surface area contributed by atoms with Crippen molar-refractivity contribution in [3.63, 3.8) is 0 Å². The molecule has 6 nitrogen and oxygen atoms in total. The summed E-state index contributed by atoms with van der Waals surface area (Å²) in [4.78, 5) is 26.2. The van der Waals surface area contributed by atoms with Crippen LogP contribution < -0.4 is 11.1 Å². The monoisotopic (exact) mass is 345 g/mol. The first kappa shape index (κ1) is 18.5. The molecule has 1 heterocycles. The van der Waals surface area contributed by atoms with Gasteiger partial charge in [0.2, 0.25) is 11.8 Å². The standard InChI is InChI=1S/C16H27N3O3.ClH/c17-15-11-2-1-3-12(15)9-13(8-11)16(21)18-10-14(20)19-4-6-22-7-5-19;/h11-13,15H,1-10,17H2,(H,18,21);1H. The minimum atomic E-state index is -0.00986. The summed E-state index contributed by atoms with van der Waals surface area (Å²) in [5.74, 6) is 1.03. The Morgan fingerprint density at radius 1 is 1.13 bits per heavy atom. The van der Waals surface area contributed by atoms with Crippen molar-refractivity contribution in [2.75, 3.05) is 32.8 Å². The zero-order valence-corrected chi connectivity index (χ0v) is 14.4. The third-order valence-corrected chi connectivity index (χ3v) is 5.56. The Bertz CT molecular complexity index is 415. The number of nitrogens with zero attached hydrogens (tertiary/aromatic N) is 1. The molecule has 132 valence electrons. The van der Waals surface area contributed by atoms with E-state index in [0.29, 0.717) is 38.1 Å². The largest absolute Gasteiger partial charge is 0.378 e. The molecule has 2 atom stereocenters. The molecule has 2 bridgehead atoms. The number of amides is 2. The lowest BCUT2D eigenvalue weighted by molar-refractivity contribution is -0.137. The summed E-state index contributed by atoms with van der Waals surface area (Å²) < 4.78 is 5.23. The average Bonchev–Trinajstić information content (AvgIpc) is 2.53. The zero-order chi connectivity index (χ0) is 15.5. The molecule has 2 unspecified atom stereocenters. The molecule has 3 aliphatic rings. The van der Waals surface area contributed by atoms with E-state index < -0.39 is 0 Å². The zero-order valence-electron chi connectivity index (χ0n) is 13.5. The van der Waals surface area contributed by atoms with Crippen molar-refractivity contribution in [2.24, 2.45) is 23.5 Å². The molecule has 3 N–H and O–H groups in total. The highest BCUT2D eigenvalue weighted by Gasteiger charge is 2.40. The van der Waals surface area contributed by atoms with Crippen molar-refractivity contribution < 1.29 is 14.3 Å². The highest BCUT2D eigenvalue weighted by molar-refractivity contribution is 5.86. The summed E-state index contributed by atoms with van der Waals surface area (Å²) in [6.45, 7) is 2.53. The van der Waals surface area contributed by atoms with Gasteiger partial charge < -0.3 is 20.7 Å². The fraction of sp³-hybridized carbons (Fsp3) is 0.875. The first-order valence-electron chi connectivity index (χ1n) is 8.54. The predicted octanol–water partition coefficient (Wildman–Crippen LogP) is 0.537. The number of morpholine rings is 1. The van der Waals surface area contributed by atoms with Crippen molar-refractivity contribution in [1.82, 2.24) is 10.2 Å². The van der Waals surface area contributed by atoms with Gasteiger partial charge in [0.15, 0.2) is 0 Å². The number of ether oxygens (including phenoxy) is 1. The normalized spacial score (nSPS) is 33.5. The second kappa shape index (κ2) is 8.31. The van der Waals surface area contributed by atoms with Gasteiger partial charge >= 0.3 is 0 Å². The van der Waals surface area contributed by atoms with E-state index in [-0.39, 0.29) is 42.7 Å². The van der Waals surface area contributed by atoms with E-state index in [0.717, 1.165) is 25.7 Å². The van der Waals surface area contributed by atoms with Crippen LogP contribution in [-0.2, 0) is 14.3 Å². The van der Waals surface area contributed by atoms with Crippen molar-refractivity contribution in [3.8, 4) is 0 Å². The number of hydrogen-bond acceptors (Lipinski definition) is 4. The number of halogens is 1. The van der Waals surface area contributed by atoms with Crippen molar-refractivity contribution in [3.05, 3.63) is 0 Å². The number of rotatable bonds is 3. The van der Waals surface area contributed by atoms with E-state index in [1.807, 2.05) is 0 Å². The molecule has 7 heteroatoms. The third kappa shape index (κ3) is 4.37. The Hall–Kier alpha value is -0.850. The molecule has 2 amide bonds. The maximum atomic E-state index is 12.4. The summed E-state index contributed by atoms with van der Waals surface area (Å²) in [6.07, 6.45) is 5.31. The molecular formula is C16H28ClN3O3. The van der Waals surface area contributed by atoms with Crippen LogP contribution in [0.15, 0.2) is 0 Å². The predicted molar refractivity (Wildman–Crippen MR) is 89.2 cm³/mol. The lowest BCUT2D eigenvalue weighted by Gasteiger charge is -2.43. The van der Waals surface area contributed by atoms with E-state index in [1.54, 1.807) is 4.90 Å². The van der Waals surface area contributed by atoms with Crippen LogP contribution in [-0.4, -0.2) is 55.6 Å². The van der Waals surface area contributed by atoms with Crippen LogP contribution in [0.25, 0.3) is 0 Å². The quantitative estimate of drug-likeness (QED) is 0.781. The fourth-order valence-corrected chi connectivity index (χ4v) is 4.23. The lowest BCUT2D eigenvalue weighted by Crippen LogP contribution is -2.50. The van der Waals surface area contributed by atoms with E-state index in [1.165, 1.54) is 6.42 Å². The second-order valence-corrected chi connectivity index (χ2v) is 6.91. The molecule has 1 aliphatic heterocycles. The summed E-state index contributed by atoms with van der Waals surface area (Å²) in [5.41, 5.74) is 6.26. The molecule has 3 rings (SSSR count). The maximum absolute atomic E-state index is 12.4. The minimum Gasteiger partial charge on any atom is -0.378 e. The number of nitrogens with two attached hydrogens (primary N) is 1. The first-order valence-corrected chi connectivity index (χ1v) is 8.54. The molecule has 0 aromatic rings. The lowest BCUT2D eigenvalue weighted by atomic mass is 9.65. The fourth-order valence-electron chi connectivity index (χ4n) is 4.23. The summed E-state index contributed by atoms with van der Waals surface area (Å²) >= 11 is 0. The van der Waals surface area contributed by atoms with Crippen molar-refractivity contribution in [2.45, 2.75) is 38.1 Å². The van der Waals surface area contributed by atoms with Crippen LogP contribution in [0.2, 0.25) is 0 Å². The van der Waals surface area contributed by atoms with Crippen molar-refractivity contribution >= 4 is 24.2 Å². The molecule has 0 spiro atoms. The molecule has 0 aromatic heterocycles. The number of fused-ring (bicyclic) bond motifs is 2. The Morgan fingerprint density at radius 3 is 2.35 bits per heavy atom. The van der Waals surface area contributed by atoms with Gasteiger partial charge in [0.05, 0.1) is 19.8 Å². The van der Waals surface area contributed by atoms with Crippen LogP contribution in [0.1, 0.15) is 32.1 Å². The average molecular weight is 346 g/mol. The SMILES string of the molecule is Cl.NC1C2CCCC1CC(C(=O)NCC(=O)N1CCOCC1)C2. The van der Waals surface area contributed by atoms with E-state index >= 15 is 0 Å². The molecule has 0 radical (unpaired) electrons. The summed E-state index contributed by atoms with van der Waals surface area (Å²) in [5, 5.41) is 2.84. The van der Waals surface area contributed by atoms with E-state index in [4.69, 9.17) is 10.5 Å². The van der Waals surface area contributed by atoms with Gasteiger partial charge in [-0.25, -0.2) is 0 Å². The number of hydrogen-bond donors (Lipinski definition) is 2. The van der Waals surface area contributed by atoms with E-state index in [2.05, 4.69) is 5.32 Å². The molecule has 0 aromatic carbocycles. The van der Waals surface area contributed by atoms with Crippen molar-refractivity contribution in [1.29, 1.82) is 0 Å². The topological polar surface area (TPSA) is 84.7 Å². The van der Waals surface area contributed by atoms with Crippen LogP contribution in [0.3, 0.4) is 0 Å². The number of carbonyl (C=O) groups excluding carboxylic acids is 2. The van der Waals surface area contributed by atoms with Gasteiger partial charge in [0.1, 0.15) is 0 Å². The molecule has 2 aliphatic carbocycles. The Morgan fingerprint density at radius 2 is 1.74 bits per heavy atom. The van der Waals surface area contributed by atoms with Gasteiger partial charge in [-0.2, -0.15) is 0 Å². The Kier molecular flexibility index (Phi) is 6.68. The van der Waals surface area contributed by atoms with Gasteiger partial charge in [-0.1, -0.05) is 6.42 Å². The second-order valence-electron chi connectivity index (χ2n) is 6.91. The minimum absolute atomic E-state index is 0. The Balaban J connectivity index is 0.00000192. The molecule has 3 fully saturated rings. The van der Waals surface area contributed by atoms with Gasteiger partial charge in [-0.15, -0.1) is 12.4 Å². The van der Waals surface area contributed by atoms with Crippen LogP contribution in [0, 0.1) is 17.8 Å². The smallest absolute Gasteiger partial charge is 0.242 e. The van der Waals surface area contributed by atoms with Crippen LogP contribution in [0.5, 0.6) is 0 Å². The summed E-state index contributed by atoms with van der Waals surface area (Å²) in [7, 11) is 0. The number of nitrogens with one attached hydrogen (secondary N) is 1. The van der Waals surface area contributed by atoms with Gasteiger partial charge in [-0.3, -0.25) is 9.59 Å². The summed E-state index contributed by atoms with van der Waals surface area (Å²) in [6, 6.07) is 0.271. The Labute approximate surface area is 143 Å². The third-order valence-electron chi connectivity index (χ3n) is 5.56. The molecular weight excluding hydrogens is 318 g/mol. The van der Waals surface area contributed by atoms with E-state index in [9.17, 15) is 9.59 Å².